The fraction of sp³-hybridized carbons (Fsp3) is 0.444. The van der Waals surface area contributed by atoms with Gasteiger partial charge in [-0.2, -0.15) is 0 Å². The number of aryl methyl sites for hydroxylation is 1. The Morgan fingerprint density at radius 1 is 0.971 bits per heavy atom. The minimum absolute atomic E-state index is 0.0227. The van der Waals surface area contributed by atoms with E-state index in [1.54, 1.807) is 24.3 Å². The van der Waals surface area contributed by atoms with E-state index in [0.29, 0.717) is 28.7 Å². The Balaban J connectivity index is 1.39. The summed E-state index contributed by atoms with van der Waals surface area (Å²) < 4.78 is 0. The molecule has 1 aliphatic heterocycles. The Bertz CT molecular complexity index is 1070. The molecule has 2 aromatic rings. The van der Waals surface area contributed by atoms with Crippen molar-refractivity contribution >= 4 is 29.1 Å². The lowest BCUT2D eigenvalue weighted by atomic mass is 9.91. The van der Waals surface area contributed by atoms with Gasteiger partial charge >= 0.3 is 0 Å². The molecule has 0 radical (unpaired) electrons. The third kappa shape index (κ3) is 5.95. The van der Waals surface area contributed by atoms with E-state index in [4.69, 9.17) is 0 Å². The van der Waals surface area contributed by atoms with Crippen molar-refractivity contribution in [2.45, 2.75) is 46.1 Å². The van der Waals surface area contributed by atoms with Crippen LogP contribution in [0.2, 0.25) is 0 Å². The molecule has 2 aromatic carbocycles. The van der Waals surface area contributed by atoms with Crippen molar-refractivity contribution in [2.24, 2.45) is 11.8 Å². The molecule has 2 fully saturated rings. The number of para-hydroxylation sites is 1. The number of benzene rings is 2. The van der Waals surface area contributed by atoms with Gasteiger partial charge in [0.05, 0.1) is 17.8 Å². The molecular weight excluding hydrogens is 428 g/mol. The molecule has 3 amide bonds. The maximum atomic E-state index is 13.1. The van der Waals surface area contributed by atoms with Crippen LogP contribution in [-0.2, 0) is 4.79 Å². The summed E-state index contributed by atoms with van der Waals surface area (Å²) in [5, 5.41) is 8.95. The van der Waals surface area contributed by atoms with Gasteiger partial charge in [-0.1, -0.05) is 32.0 Å². The Morgan fingerprint density at radius 3 is 2.38 bits per heavy atom. The summed E-state index contributed by atoms with van der Waals surface area (Å²) in [4.78, 5) is 40.2. The van der Waals surface area contributed by atoms with Crippen LogP contribution in [0.5, 0.6) is 0 Å². The highest BCUT2D eigenvalue weighted by Crippen LogP contribution is 2.25. The molecule has 2 aliphatic rings. The van der Waals surface area contributed by atoms with Crippen molar-refractivity contribution in [3.63, 3.8) is 0 Å². The molecule has 1 heterocycles. The zero-order valence-electron chi connectivity index (χ0n) is 20.2. The summed E-state index contributed by atoms with van der Waals surface area (Å²) in [6.45, 7) is 7.88. The fourth-order valence-corrected chi connectivity index (χ4v) is 4.61. The van der Waals surface area contributed by atoms with E-state index in [-0.39, 0.29) is 30.3 Å². The average Bonchev–Trinajstić information content (AvgIpc) is 3.61. The van der Waals surface area contributed by atoms with Crippen LogP contribution in [0.1, 0.15) is 59.4 Å². The van der Waals surface area contributed by atoms with Gasteiger partial charge in [0.2, 0.25) is 5.91 Å². The van der Waals surface area contributed by atoms with Crippen molar-refractivity contribution in [2.75, 3.05) is 30.3 Å². The first kappa shape index (κ1) is 23.8. The standard InChI is InChI=1S/C27H34N4O3/c1-17-12-18(2)16-31(15-17)27(34)20-9-8-19(3)24(13-20)28-14-25(32)30-23-7-5-4-6-22(23)26(33)29-21-10-11-21/h4-9,13,17-18,21,28H,10-12,14-16H2,1-3H3,(H,29,33)(H,30,32)/t17-,18-/m1/s1. The first-order valence-corrected chi connectivity index (χ1v) is 12.1. The Kier molecular flexibility index (Phi) is 7.20. The van der Waals surface area contributed by atoms with Gasteiger partial charge in [-0.05, 0) is 67.9 Å². The van der Waals surface area contributed by atoms with Crippen LogP contribution in [0.15, 0.2) is 42.5 Å². The predicted molar refractivity (Wildman–Crippen MR) is 134 cm³/mol. The largest absolute Gasteiger partial charge is 0.376 e. The lowest BCUT2D eigenvalue weighted by Gasteiger charge is -2.35. The molecule has 2 atom stereocenters. The smallest absolute Gasteiger partial charge is 0.253 e. The molecule has 7 heteroatoms. The van der Waals surface area contributed by atoms with E-state index in [0.717, 1.165) is 43.6 Å². The highest BCUT2D eigenvalue weighted by atomic mass is 16.2. The summed E-state index contributed by atoms with van der Waals surface area (Å²) >= 11 is 0. The summed E-state index contributed by atoms with van der Waals surface area (Å²) in [6.07, 6.45) is 3.15. The van der Waals surface area contributed by atoms with Gasteiger partial charge in [-0.25, -0.2) is 0 Å². The second-order valence-electron chi connectivity index (χ2n) is 9.88. The minimum atomic E-state index is -0.263. The lowest BCUT2D eigenvalue weighted by molar-refractivity contribution is -0.114. The number of rotatable bonds is 7. The summed E-state index contributed by atoms with van der Waals surface area (Å²) in [6, 6.07) is 12.8. The van der Waals surface area contributed by atoms with Crippen molar-refractivity contribution in [1.29, 1.82) is 0 Å². The molecule has 1 aliphatic carbocycles. The van der Waals surface area contributed by atoms with Crippen LogP contribution in [0.4, 0.5) is 11.4 Å². The Labute approximate surface area is 201 Å². The van der Waals surface area contributed by atoms with Crippen LogP contribution >= 0.6 is 0 Å². The molecule has 0 spiro atoms. The summed E-state index contributed by atoms with van der Waals surface area (Å²) in [7, 11) is 0. The van der Waals surface area contributed by atoms with E-state index in [9.17, 15) is 14.4 Å². The monoisotopic (exact) mass is 462 g/mol. The van der Waals surface area contributed by atoms with Crippen LogP contribution in [0.25, 0.3) is 0 Å². The fourth-order valence-electron chi connectivity index (χ4n) is 4.61. The van der Waals surface area contributed by atoms with Gasteiger partial charge in [-0.15, -0.1) is 0 Å². The second-order valence-corrected chi connectivity index (χ2v) is 9.88. The number of carbonyl (C=O) groups excluding carboxylic acids is 3. The number of hydrogen-bond acceptors (Lipinski definition) is 4. The minimum Gasteiger partial charge on any atom is -0.376 e. The number of likely N-dealkylation sites (tertiary alicyclic amines) is 1. The SMILES string of the molecule is Cc1ccc(C(=O)N2C[C@H](C)C[C@@H](C)C2)cc1NCC(=O)Nc1ccccc1C(=O)NC1CC1. The first-order chi connectivity index (χ1) is 16.3. The molecule has 1 saturated heterocycles. The third-order valence-electron chi connectivity index (χ3n) is 6.44. The topological polar surface area (TPSA) is 90.5 Å². The molecular formula is C27H34N4O3. The molecule has 0 bridgehead atoms. The summed E-state index contributed by atoms with van der Waals surface area (Å²) in [5.41, 5.74) is 3.27. The average molecular weight is 463 g/mol. The summed E-state index contributed by atoms with van der Waals surface area (Å²) in [5.74, 6) is 0.583. The van der Waals surface area contributed by atoms with Gasteiger partial charge in [0.1, 0.15) is 0 Å². The van der Waals surface area contributed by atoms with Crippen LogP contribution in [0, 0.1) is 18.8 Å². The zero-order valence-corrected chi connectivity index (χ0v) is 20.2. The van der Waals surface area contributed by atoms with E-state index in [2.05, 4.69) is 29.8 Å². The second kappa shape index (κ2) is 10.3. The number of carbonyl (C=O) groups is 3. The van der Waals surface area contributed by atoms with Crippen molar-refractivity contribution in [3.8, 4) is 0 Å². The highest BCUT2D eigenvalue weighted by molar-refractivity contribution is 6.04. The highest BCUT2D eigenvalue weighted by Gasteiger charge is 2.27. The third-order valence-corrected chi connectivity index (χ3v) is 6.44. The van der Waals surface area contributed by atoms with E-state index in [1.165, 1.54) is 0 Å². The van der Waals surface area contributed by atoms with Crippen LogP contribution in [-0.4, -0.2) is 48.3 Å². The molecule has 0 aromatic heterocycles. The molecule has 180 valence electrons. The maximum Gasteiger partial charge on any atom is 0.253 e. The molecule has 34 heavy (non-hydrogen) atoms. The van der Waals surface area contributed by atoms with E-state index >= 15 is 0 Å². The molecule has 0 unspecified atom stereocenters. The van der Waals surface area contributed by atoms with Crippen LogP contribution in [0.3, 0.4) is 0 Å². The van der Waals surface area contributed by atoms with Gasteiger partial charge in [0.15, 0.2) is 0 Å². The molecule has 3 N–H and O–H groups in total. The quantitative estimate of drug-likeness (QED) is 0.579. The predicted octanol–water partition coefficient (Wildman–Crippen LogP) is 4.06. The molecule has 1 saturated carbocycles. The van der Waals surface area contributed by atoms with Crippen molar-refractivity contribution in [3.05, 3.63) is 59.2 Å². The number of nitrogens with zero attached hydrogens (tertiary/aromatic N) is 1. The lowest BCUT2D eigenvalue weighted by Crippen LogP contribution is -2.42. The zero-order chi connectivity index (χ0) is 24.2. The maximum absolute atomic E-state index is 13.1. The number of nitrogens with one attached hydrogen (secondary N) is 3. The first-order valence-electron chi connectivity index (χ1n) is 12.1. The number of anilines is 2. The van der Waals surface area contributed by atoms with Gasteiger partial charge in [0, 0.05) is 30.4 Å². The van der Waals surface area contributed by atoms with Crippen molar-refractivity contribution < 1.29 is 14.4 Å². The normalized spacial score (nSPS) is 19.9. The van der Waals surface area contributed by atoms with Crippen molar-refractivity contribution in [1.82, 2.24) is 10.2 Å². The van der Waals surface area contributed by atoms with E-state index in [1.807, 2.05) is 30.0 Å². The molecule has 7 nitrogen and oxygen atoms in total. The van der Waals surface area contributed by atoms with Crippen LogP contribution < -0.4 is 16.0 Å². The Hall–Kier alpha value is -3.35. The van der Waals surface area contributed by atoms with Gasteiger partial charge in [0.25, 0.3) is 11.8 Å². The number of amides is 3. The number of piperidine rings is 1. The molecule has 4 rings (SSSR count). The Morgan fingerprint density at radius 2 is 1.68 bits per heavy atom. The number of hydrogen-bond donors (Lipinski definition) is 3. The van der Waals surface area contributed by atoms with Gasteiger partial charge < -0.3 is 20.9 Å². The van der Waals surface area contributed by atoms with E-state index < -0.39 is 0 Å². The van der Waals surface area contributed by atoms with Gasteiger partial charge in [-0.3, -0.25) is 14.4 Å².